The average Bonchev–Trinajstić information content (AvgIpc) is 3.00. The molecule has 27 heavy (non-hydrogen) atoms. The Morgan fingerprint density at radius 2 is 1.78 bits per heavy atom. The van der Waals surface area contributed by atoms with Gasteiger partial charge in [0.2, 0.25) is 0 Å². The van der Waals surface area contributed by atoms with Gasteiger partial charge in [-0.15, -0.1) is 0 Å². The molecule has 3 rings (SSSR count). The lowest BCUT2D eigenvalue weighted by Gasteiger charge is -2.10. The van der Waals surface area contributed by atoms with Crippen molar-refractivity contribution in [2.45, 2.75) is 13.8 Å². The summed E-state index contributed by atoms with van der Waals surface area (Å²) in [5, 5.41) is 2.87. The van der Waals surface area contributed by atoms with E-state index in [-0.39, 0.29) is 5.91 Å². The lowest BCUT2D eigenvalue weighted by Crippen LogP contribution is -2.24. The Morgan fingerprint density at radius 1 is 1.07 bits per heavy atom. The number of hydrogen-bond acceptors (Lipinski definition) is 2. The molecule has 1 N–H and O–H groups in total. The molecule has 3 aromatic rings. The average molecular weight is 358 g/mol. The molecule has 0 saturated carbocycles. The first kappa shape index (κ1) is 18.3. The third-order valence-electron chi connectivity index (χ3n) is 4.35. The molecule has 0 bridgehead atoms. The van der Waals surface area contributed by atoms with Crippen LogP contribution in [0.5, 0.6) is 5.75 Å². The summed E-state index contributed by atoms with van der Waals surface area (Å²) in [6.45, 7) is 4.24. The summed E-state index contributed by atoms with van der Waals surface area (Å²) in [5.74, 6) is 6.70. The summed E-state index contributed by atoms with van der Waals surface area (Å²) in [4.78, 5) is 12.6. The van der Waals surface area contributed by atoms with Crippen molar-refractivity contribution in [3.63, 3.8) is 0 Å². The number of carbonyl (C=O) groups excluding carboxylic acids is 1. The molecular formula is C23H22N2O2. The van der Waals surface area contributed by atoms with Crippen LogP contribution in [0, 0.1) is 25.7 Å². The second-order valence-electron chi connectivity index (χ2n) is 6.17. The van der Waals surface area contributed by atoms with Gasteiger partial charge < -0.3 is 14.6 Å². The maximum absolute atomic E-state index is 12.6. The van der Waals surface area contributed by atoms with Crippen LogP contribution in [-0.4, -0.2) is 24.1 Å². The van der Waals surface area contributed by atoms with Crippen molar-refractivity contribution in [3.05, 3.63) is 83.2 Å². The molecule has 0 aliphatic carbocycles. The van der Waals surface area contributed by atoms with Gasteiger partial charge in [0.25, 0.3) is 5.91 Å². The Bertz CT molecular complexity index is 991. The first-order valence-electron chi connectivity index (χ1n) is 8.75. The van der Waals surface area contributed by atoms with Crippen LogP contribution in [0.4, 0.5) is 0 Å². The van der Waals surface area contributed by atoms with Gasteiger partial charge >= 0.3 is 0 Å². The van der Waals surface area contributed by atoms with Gasteiger partial charge in [0, 0.05) is 22.6 Å². The van der Waals surface area contributed by atoms with Gasteiger partial charge in [0.1, 0.15) is 5.75 Å². The molecule has 0 spiro atoms. The zero-order valence-corrected chi connectivity index (χ0v) is 15.7. The van der Waals surface area contributed by atoms with Crippen LogP contribution in [0.15, 0.2) is 60.7 Å². The van der Waals surface area contributed by atoms with E-state index in [1.54, 1.807) is 7.11 Å². The third kappa shape index (κ3) is 4.21. The van der Waals surface area contributed by atoms with Crippen LogP contribution < -0.4 is 10.1 Å². The largest absolute Gasteiger partial charge is 0.497 e. The number of nitrogens with one attached hydrogen (secondary N) is 1. The van der Waals surface area contributed by atoms with Gasteiger partial charge in [-0.25, -0.2) is 0 Å². The fraction of sp³-hybridized carbons (Fsp3) is 0.174. The van der Waals surface area contributed by atoms with Crippen molar-refractivity contribution in [2.75, 3.05) is 13.7 Å². The van der Waals surface area contributed by atoms with E-state index >= 15 is 0 Å². The highest BCUT2D eigenvalue weighted by Gasteiger charge is 2.16. The minimum absolute atomic E-state index is 0.120. The van der Waals surface area contributed by atoms with E-state index in [4.69, 9.17) is 4.74 Å². The van der Waals surface area contributed by atoms with Gasteiger partial charge in [-0.2, -0.15) is 0 Å². The normalized spacial score (nSPS) is 10.0. The van der Waals surface area contributed by atoms with Crippen LogP contribution in [-0.2, 0) is 0 Å². The number of carbonyl (C=O) groups is 1. The summed E-state index contributed by atoms with van der Waals surface area (Å²) in [6.07, 6.45) is 0. The van der Waals surface area contributed by atoms with E-state index < -0.39 is 0 Å². The number of aromatic nitrogens is 1. The number of nitrogens with zero attached hydrogens (tertiary/aromatic N) is 1. The molecule has 0 atom stereocenters. The number of hydrogen-bond donors (Lipinski definition) is 1. The molecule has 1 aromatic heterocycles. The van der Waals surface area contributed by atoms with Crippen LogP contribution in [0.2, 0.25) is 0 Å². The summed E-state index contributed by atoms with van der Waals surface area (Å²) in [5.41, 5.74) is 4.48. The molecule has 4 heteroatoms. The molecule has 4 nitrogen and oxygen atoms in total. The monoisotopic (exact) mass is 358 g/mol. The van der Waals surface area contributed by atoms with Crippen molar-refractivity contribution in [1.29, 1.82) is 0 Å². The van der Waals surface area contributed by atoms with Gasteiger partial charge in [-0.05, 0) is 56.3 Å². The van der Waals surface area contributed by atoms with Crippen LogP contribution in [0.3, 0.4) is 0 Å². The van der Waals surface area contributed by atoms with E-state index in [9.17, 15) is 4.79 Å². The van der Waals surface area contributed by atoms with Crippen LogP contribution >= 0.6 is 0 Å². The second-order valence-corrected chi connectivity index (χ2v) is 6.17. The first-order chi connectivity index (χ1) is 13.1. The highest BCUT2D eigenvalue weighted by atomic mass is 16.5. The molecule has 0 saturated heterocycles. The third-order valence-corrected chi connectivity index (χ3v) is 4.35. The zero-order chi connectivity index (χ0) is 19.2. The lowest BCUT2D eigenvalue weighted by molar-refractivity contribution is 0.0958. The predicted octanol–water partition coefficient (Wildman–Crippen LogP) is 3.88. The second kappa shape index (κ2) is 8.29. The van der Waals surface area contributed by atoms with E-state index in [2.05, 4.69) is 21.7 Å². The molecule has 0 unspecified atom stereocenters. The van der Waals surface area contributed by atoms with Crippen LogP contribution in [0.25, 0.3) is 5.69 Å². The minimum Gasteiger partial charge on any atom is -0.497 e. The topological polar surface area (TPSA) is 43.3 Å². The first-order valence-corrected chi connectivity index (χ1v) is 8.75. The van der Waals surface area contributed by atoms with Crippen molar-refractivity contribution in [1.82, 2.24) is 9.88 Å². The number of methoxy groups -OCH3 is 1. The predicted molar refractivity (Wildman–Crippen MR) is 107 cm³/mol. The number of ether oxygens (including phenoxy) is 1. The molecule has 0 aliphatic rings. The highest BCUT2D eigenvalue weighted by molar-refractivity contribution is 5.96. The minimum atomic E-state index is -0.120. The van der Waals surface area contributed by atoms with Gasteiger partial charge in [0.15, 0.2) is 0 Å². The Kier molecular flexibility index (Phi) is 5.63. The van der Waals surface area contributed by atoms with E-state index in [1.165, 1.54) is 0 Å². The number of rotatable bonds is 4. The molecule has 0 fully saturated rings. The molecule has 0 aliphatic heterocycles. The van der Waals surface area contributed by atoms with Crippen molar-refractivity contribution < 1.29 is 9.53 Å². The van der Waals surface area contributed by atoms with E-state index in [0.29, 0.717) is 12.1 Å². The Morgan fingerprint density at radius 3 is 2.44 bits per heavy atom. The Balaban J connectivity index is 1.73. The van der Waals surface area contributed by atoms with Crippen molar-refractivity contribution in [2.24, 2.45) is 0 Å². The van der Waals surface area contributed by atoms with Crippen molar-refractivity contribution in [3.8, 4) is 23.3 Å². The molecule has 1 amide bonds. The maximum atomic E-state index is 12.6. The maximum Gasteiger partial charge on any atom is 0.253 e. The summed E-state index contributed by atoms with van der Waals surface area (Å²) in [7, 11) is 1.64. The van der Waals surface area contributed by atoms with Crippen LogP contribution in [0.1, 0.15) is 27.3 Å². The SMILES string of the molecule is COc1ccc(-n2c(C)cc(C(=O)NCC#Cc3ccccc3)c2C)cc1. The Hall–Kier alpha value is -3.45. The number of aryl methyl sites for hydroxylation is 1. The molecular weight excluding hydrogens is 336 g/mol. The Labute approximate surface area is 159 Å². The number of benzene rings is 2. The fourth-order valence-corrected chi connectivity index (χ4v) is 3.01. The van der Waals surface area contributed by atoms with E-state index in [0.717, 1.165) is 28.4 Å². The molecule has 1 heterocycles. The summed E-state index contributed by atoms with van der Waals surface area (Å²) >= 11 is 0. The molecule has 136 valence electrons. The fourth-order valence-electron chi connectivity index (χ4n) is 3.01. The smallest absolute Gasteiger partial charge is 0.253 e. The lowest BCUT2D eigenvalue weighted by atomic mass is 10.2. The van der Waals surface area contributed by atoms with Gasteiger partial charge in [-0.1, -0.05) is 30.0 Å². The van der Waals surface area contributed by atoms with Crippen molar-refractivity contribution >= 4 is 5.91 Å². The summed E-state index contributed by atoms with van der Waals surface area (Å²) < 4.78 is 7.27. The molecule has 0 radical (unpaired) electrons. The highest BCUT2D eigenvalue weighted by Crippen LogP contribution is 2.22. The quantitative estimate of drug-likeness (QED) is 0.719. The van der Waals surface area contributed by atoms with E-state index in [1.807, 2.05) is 74.5 Å². The van der Waals surface area contributed by atoms with Gasteiger partial charge in [-0.3, -0.25) is 4.79 Å². The molecule has 2 aromatic carbocycles. The number of amides is 1. The summed E-state index contributed by atoms with van der Waals surface area (Å²) in [6, 6.07) is 19.4. The standard InChI is InChI=1S/C23H22N2O2/c1-17-16-22(18(2)25(17)20-11-13-21(27-3)14-12-20)23(26)24-15-7-10-19-8-5-4-6-9-19/h4-6,8-9,11-14,16H,15H2,1-3H3,(H,24,26). The van der Waals surface area contributed by atoms with Gasteiger partial charge in [0.05, 0.1) is 19.2 Å². The zero-order valence-electron chi connectivity index (χ0n) is 15.7.